The predicted octanol–water partition coefficient (Wildman–Crippen LogP) is 0.851. The first kappa shape index (κ1) is 12.1. The molecule has 1 amide bonds. The number of nitro groups is 1. The Balaban J connectivity index is 1.79. The van der Waals surface area contributed by atoms with Crippen molar-refractivity contribution in [1.29, 1.82) is 0 Å². The Morgan fingerprint density at radius 3 is 2.74 bits per heavy atom. The molecule has 0 spiro atoms. The van der Waals surface area contributed by atoms with Crippen LogP contribution in [0.4, 0.5) is 5.69 Å². The number of amides is 1. The lowest BCUT2D eigenvalue weighted by Crippen LogP contribution is -2.32. The molecule has 1 saturated carbocycles. The second-order valence-corrected chi connectivity index (χ2v) is 5.26. The maximum Gasteiger partial charge on any atom is 0.282 e. The fourth-order valence-corrected chi connectivity index (χ4v) is 2.85. The van der Waals surface area contributed by atoms with Gasteiger partial charge in [-0.25, -0.2) is 0 Å². The Bertz CT molecular complexity index is 548. The Hall–Kier alpha value is -1.95. The van der Waals surface area contributed by atoms with Gasteiger partial charge in [0.05, 0.1) is 4.92 Å². The van der Waals surface area contributed by atoms with Crippen LogP contribution in [-0.4, -0.2) is 30.0 Å². The van der Waals surface area contributed by atoms with Crippen molar-refractivity contribution >= 4 is 11.6 Å². The van der Waals surface area contributed by atoms with Gasteiger partial charge < -0.3 is 10.6 Å². The Kier molecular flexibility index (Phi) is 2.74. The number of carbonyl (C=O) groups is 1. The Morgan fingerprint density at radius 1 is 1.42 bits per heavy atom. The average molecular weight is 261 g/mol. The number of benzene rings is 1. The summed E-state index contributed by atoms with van der Waals surface area (Å²) in [6.45, 7) is 3.66. The molecule has 1 aliphatic carbocycles. The van der Waals surface area contributed by atoms with Crippen molar-refractivity contribution in [1.82, 2.24) is 10.6 Å². The molecule has 2 atom stereocenters. The Labute approximate surface area is 110 Å². The fraction of sp³-hybridized carbons (Fsp3) is 0.462. The van der Waals surface area contributed by atoms with E-state index in [4.69, 9.17) is 0 Å². The van der Waals surface area contributed by atoms with Gasteiger partial charge in [0.2, 0.25) is 0 Å². The zero-order valence-corrected chi connectivity index (χ0v) is 10.6. The van der Waals surface area contributed by atoms with E-state index in [0.29, 0.717) is 11.8 Å². The molecule has 6 heteroatoms. The minimum absolute atomic E-state index is 0.132. The lowest BCUT2D eigenvalue weighted by Gasteiger charge is -2.08. The topological polar surface area (TPSA) is 84.3 Å². The molecule has 0 radical (unpaired) electrons. The Morgan fingerprint density at radius 2 is 2.11 bits per heavy atom. The number of hydrogen-bond acceptors (Lipinski definition) is 4. The molecule has 19 heavy (non-hydrogen) atoms. The van der Waals surface area contributed by atoms with E-state index in [2.05, 4.69) is 10.6 Å². The normalized spacial score (nSPS) is 27.7. The maximum atomic E-state index is 12.2. The number of piperidine rings is 1. The van der Waals surface area contributed by atoms with Crippen LogP contribution in [0.5, 0.6) is 0 Å². The first-order chi connectivity index (χ1) is 9.08. The van der Waals surface area contributed by atoms with Crippen LogP contribution in [-0.2, 0) is 0 Å². The number of nitrogens with zero attached hydrogens (tertiary/aromatic N) is 1. The third-order valence-electron chi connectivity index (χ3n) is 3.98. The maximum absolute atomic E-state index is 12.2. The molecule has 2 unspecified atom stereocenters. The van der Waals surface area contributed by atoms with Crippen LogP contribution in [0, 0.1) is 28.9 Å². The molecule has 0 aromatic heterocycles. The standard InChI is InChI=1S/C13H15N3O3/c1-7-2-3-11(16(18)19)8(4-7)13(17)15-12-9-5-14-6-10(9)12/h2-4,9-10,12,14H,5-6H2,1H3,(H,15,17). The third-order valence-corrected chi connectivity index (χ3v) is 3.98. The average Bonchev–Trinajstić information content (AvgIpc) is 2.82. The van der Waals surface area contributed by atoms with Gasteiger partial charge >= 0.3 is 0 Å². The SMILES string of the molecule is Cc1ccc([N+](=O)[O-])c(C(=O)NC2C3CNCC32)c1. The molecule has 2 N–H and O–H groups in total. The van der Waals surface area contributed by atoms with Crippen molar-refractivity contribution in [3.8, 4) is 0 Å². The van der Waals surface area contributed by atoms with Crippen molar-refractivity contribution in [2.45, 2.75) is 13.0 Å². The highest BCUT2D eigenvalue weighted by atomic mass is 16.6. The highest BCUT2D eigenvalue weighted by Gasteiger charge is 2.53. The van der Waals surface area contributed by atoms with Crippen LogP contribution in [0.1, 0.15) is 15.9 Å². The summed E-state index contributed by atoms with van der Waals surface area (Å²) in [5, 5.41) is 17.1. The minimum atomic E-state index is -0.510. The summed E-state index contributed by atoms with van der Waals surface area (Å²) in [6, 6.07) is 4.78. The monoisotopic (exact) mass is 261 g/mol. The zero-order valence-electron chi connectivity index (χ0n) is 10.6. The molecule has 1 aliphatic heterocycles. The van der Waals surface area contributed by atoms with E-state index >= 15 is 0 Å². The second kappa shape index (κ2) is 4.31. The van der Waals surface area contributed by atoms with Gasteiger partial charge in [-0.15, -0.1) is 0 Å². The highest BCUT2D eigenvalue weighted by Crippen LogP contribution is 2.41. The van der Waals surface area contributed by atoms with Crippen LogP contribution >= 0.6 is 0 Å². The lowest BCUT2D eigenvalue weighted by molar-refractivity contribution is -0.385. The van der Waals surface area contributed by atoms with Crippen molar-refractivity contribution in [2.24, 2.45) is 11.8 Å². The zero-order chi connectivity index (χ0) is 13.6. The number of carbonyl (C=O) groups excluding carboxylic acids is 1. The molecular weight excluding hydrogens is 246 g/mol. The number of aryl methyl sites for hydroxylation is 1. The van der Waals surface area contributed by atoms with Gasteiger partial charge in [-0.3, -0.25) is 14.9 Å². The summed E-state index contributed by atoms with van der Waals surface area (Å²) in [4.78, 5) is 22.6. The summed E-state index contributed by atoms with van der Waals surface area (Å²) in [6.07, 6.45) is 0. The highest BCUT2D eigenvalue weighted by molar-refractivity contribution is 5.98. The van der Waals surface area contributed by atoms with Crippen molar-refractivity contribution in [3.05, 3.63) is 39.4 Å². The molecule has 3 rings (SSSR count). The van der Waals surface area contributed by atoms with Crippen molar-refractivity contribution in [3.63, 3.8) is 0 Å². The van der Waals surface area contributed by atoms with E-state index in [1.165, 1.54) is 6.07 Å². The molecule has 2 aliphatic rings. The summed E-state index contributed by atoms with van der Waals surface area (Å²) in [7, 11) is 0. The first-order valence-corrected chi connectivity index (χ1v) is 6.34. The number of nitro benzene ring substituents is 1. The van der Waals surface area contributed by atoms with E-state index in [1.54, 1.807) is 12.1 Å². The summed E-state index contributed by atoms with van der Waals surface area (Å²) < 4.78 is 0. The van der Waals surface area contributed by atoms with E-state index in [9.17, 15) is 14.9 Å². The minimum Gasteiger partial charge on any atom is -0.348 e. The predicted molar refractivity (Wildman–Crippen MR) is 68.9 cm³/mol. The number of fused-ring (bicyclic) bond motifs is 1. The summed E-state index contributed by atoms with van der Waals surface area (Å²) >= 11 is 0. The van der Waals surface area contributed by atoms with Gasteiger partial charge in [-0.2, -0.15) is 0 Å². The van der Waals surface area contributed by atoms with Gasteiger partial charge in [-0.05, 0) is 30.4 Å². The van der Waals surface area contributed by atoms with Crippen molar-refractivity contribution < 1.29 is 9.72 Å². The van der Waals surface area contributed by atoms with Crippen molar-refractivity contribution in [2.75, 3.05) is 13.1 Å². The summed E-state index contributed by atoms with van der Waals surface area (Å²) in [5.74, 6) is 0.649. The third kappa shape index (κ3) is 2.08. The second-order valence-electron chi connectivity index (χ2n) is 5.26. The number of nitrogens with one attached hydrogen (secondary N) is 2. The molecule has 1 aromatic carbocycles. The molecular formula is C13H15N3O3. The number of rotatable bonds is 3. The fourth-order valence-electron chi connectivity index (χ4n) is 2.85. The van der Waals surface area contributed by atoms with Gasteiger partial charge in [0, 0.05) is 25.2 Å². The van der Waals surface area contributed by atoms with E-state index in [0.717, 1.165) is 18.7 Å². The quantitative estimate of drug-likeness (QED) is 0.624. The van der Waals surface area contributed by atoms with E-state index in [1.807, 2.05) is 6.92 Å². The van der Waals surface area contributed by atoms with Crippen LogP contribution in [0.2, 0.25) is 0 Å². The smallest absolute Gasteiger partial charge is 0.282 e. The molecule has 2 fully saturated rings. The van der Waals surface area contributed by atoms with Gasteiger partial charge in [0.15, 0.2) is 0 Å². The van der Waals surface area contributed by atoms with Crippen LogP contribution < -0.4 is 10.6 Å². The van der Waals surface area contributed by atoms with Crippen LogP contribution in [0.25, 0.3) is 0 Å². The van der Waals surface area contributed by atoms with E-state index in [-0.39, 0.29) is 23.2 Å². The lowest BCUT2D eigenvalue weighted by atomic mass is 10.1. The van der Waals surface area contributed by atoms with Gasteiger partial charge in [-0.1, -0.05) is 6.07 Å². The molecule has 1 heterocycles. The first-order valence-electron chi connectivity index (χ1n) is 6.34. The van der Waals surface area contributed by atoms with Crippen LogP contribution in [0.3, 0.4) is 0 Å². The van der Waals surface area contributed by atoms with Crippen LogP contribution in [0.15, 0.2) is 18.2 Å². The largest absolute Gasteiger partial charge is 0.348 e. The van der Waals surface area contributed by atoms with Gasteiger partial charge in [0.1, 0.15) is 5.56 Å². The van der Waals surface area contributed by atoms with E-state index < -0.39 is 4.92 Å². The summed E-state index contributed by atoms with van der Waals surface area (Å²) in [5.41, 5.74) is 0.864. The molecule has 0 bridgehead atoms. The number of hydrogen-bond donors (Lipinski definition) is 2. The molecule has 1 saturated heterocycles. The molecule has 100 valence electrons. The van der Waals surface area contributed by atoms with Gasteiger partial charge in [0.25, 0.3) is 11.6 Å². The molecule has 1 aromatic rings. The molecule has 6 nitrogen and oxygen atoms in total.